The van der Waals surface area contributed by atoms with Gasteiger partial charge in [0, 0.05) is 30.5 Å². The molecule has 1 aliphatic heterocycles. The maximum atomic E-state index is 4.48. The van der Waals surface area contributed by atoms with Crippen LogP contribution in [0.15, 0.2) is 18.2 Å². The number of fused-ring (bicyclic) bond motifs is 1. The number of hydrogen-bond donors (Lipinski definition) is 1. The Bertz CT molecular complexity index is 581. The van der Waals surface area contributed by atoms with Crippen LogP contribution in [0.5, 0.6) is 0 Å². The molecular weight excluding hydrogens is 210 g/mol. The Morgan fingerprint density at radius 1 is 1.29 bits per heavy atom. The normalized spacial score (nSPS) is 13.6. The summed E-state index contributed by atoms with van der Waals surface area (Å²) >= 11 is 0. The van der Waals surface area contributed by atoms with Crippen LogP contribution >= 0.6 is 0 Å². The van der Waals surface area contributed by atoms with Crippen LogP contribution in [0.3, 0.4) is 0 Å². The third-order valence-electron chi connectivity index (χ3n) is 3.62. The first-order valence-electron chi connectivity index (χ1n) is 6.04. The average Bonchev–Trinajstić information content (AvgIpc) is 2.84. The van der Waals surface area contributed by atoms with E-state index in [9.17, 15) is 0 Å². The Hall–Kier alpha value is -1.77. The summed E-state index contributed by atoms with van der Waals surface area (Å²) in [5, 5.41) is 7.91. The van der Waals surface area contributed by atoms with Gasteiger partial charge >= 0.3 is 0 Å². The Labute approximate surface area is 101 Å². The molecule has 0 bridgehead atoms. The molecule has 0 radical (unpaired) electrons. The van der Waals surface area contributed by atoms with E-state index in [-0.39, 0.29) is 0 Å². The highest BCUT2D eigenvalue weighted by atomic mass is 15.3. The molecule has 3 heteroatoms. The van der Waals surface area contributed by atoms with Crippen LogP contribution in [0.2, 0.25) is 0 Å². The molecule has 1 aromatic carbocycles. The van der Waals surface area contributed by atoms with E-state index < -0.39 is 0 Å². The Morgan fingerprint density at radius 3 is 2.82 bits per heavy atom. The third-order valence-corrected chi connectivity index (χ3v) is 3.62. The number of rotatable bonds is 1. The Kier molecular flexibility index (Phi) is 2.21. The summed E-state index contributed by atoms with van der Waals surface area (Å²) < 4.78 is 1.95. The van der Waals surface area contributed by atoms with Gasteiger partial charge < -0.3 is 5.32 Å². The number of nitrogens with zero attached hydrogens (tertiary/aromatic N) is 2. The summed E-state index contributed by atoms with van der Waals surface area (Å²) in [4.78, 5) is 0. The molecule has 0 saturated heterocycles. The first kappa shape index (κ1) is 10.4. The van der Waals surface area contributed by atoms with Gasteiger partial charge in [-0.2, -0.15) is 5.10 Å². The summed E-state index contributed by atoms with van der Waals surface area (Å²) in [5.41, 5.74) is 7.56. The number of nitrogens with one attached hydrogen (secondary N) is 1. The minimum atomic E-state index is 1.06. The number of hydrogen-bond acceptors (Lipinski definition) is 2. The second kappa shape index (κ2) is 3.62. The molecular formula is C14H17N3. The van der Waals surface area contributed by atoms with Crippen molar-refractivity contribution in [1.82, 2.24) is 9.78 Å². The van der Waals surface area contributed by atoms with E-state index in [1.165, 1.54) is 28.1 Å². The largest absolute Gasteiger partial charge is 0.384 e. The van der Waals surface area contributed by atoms with Crippen LogP contribution in [0.1, 0.15) is 17.0 Å². The van der Waals surface area contributed by atoms with Crippen LogP contribution in [0, 0.1) is 13.8 Å². The monoisotopic (exact) mass is 227 g/mol. The molecule has 17 heavy (non-hydrogen) atoms. The van der Waals surface area contributed by atoms with Gasteiger partial charge in [0.25, 0.3) is 0 Å². The molecule has 0 spiro atoms. The molecule has 0 atom stereocenters. The van der Waals surface area contributed by atoms with Crippen molar-refractivity contribution in [2.24, 2.45) is 7.05 Å². The van der Waals surface area contributed by atoms with Crippen molar-refractivity contribution in [2.45, 2.75) is 20.3 Å². The van der Waals surface area contributed by atoms with E-state index in [0.29, 0.717) is 0 Å². The van der Waals surface area contributed by atoms with E-state index in [2.05, 4.69) is 42.5 Å². The second-order valence-corrected chi connectivity index (χ2v) is 4.72. The smallest absolute Gasteiger partial charge is 0.0674 e. The maximum absolute atomic E-state index is 4.48. The topological polar surface area (TPSA) is 29.9 Å². The lowest BCUT2D eigenvalue weighted by molar-refractivity contribution is 0.731. The maximum Gasteiger partial charge on any atom is 0.0674 e. The fraction of sp³-hybridized carbons (Fsp3) is 0.357. The molecule has 0 saturated carbocycles. The van der Waals surface area contributed by atoms with Crippen LogP contribution in [-0.2, 0) is 13.5 Å². The predicted molar refractivity (Wildman–Crippen MR) is 70.3 cm³/mol. The van der Waals surface area contributed by atoms with Crippen molar-refractivity contribution in [3.63, 3.8) is 0 Å². The second-order valence-electron chi connectivity index (χ2n) is 4.72. The van der Waals surface area contributed by atoms with Crippen molar-refractivity contribution in [2.75, 3.05) is 11.9 Å². The summed E-state index contributed by atoms with van der Waals surface area (Å²) in [6.45, 7) is 5.25. The van der Waals surface area contributed by atoms with Crippen LogP contribution in [-0.4, -0.2) is 16.3 Å². The van der Waals surface area contributed by atoms with E-state index in [1.807, 2.05) is 11.7 Å². The average molecular weight is 227 g/mol. The minimum Gasteiger partial charge on any atom is -0.384 e. The first-order valence-corrected chi connectivity index (χ1v) is 6.04. The highest BCUT2D eigenvalue weighted by Gasteiger charge is 2.15. The molecule has 0 unspecified atom stereocenters. The van der Waals surface area contributed by atoms with Gasteiger partial charge in [0.05, 0.1) is 5.69 Å². The fourth-order valence-electron chi connectivity index (χ4n) is 2.64. The molecule has 3 rings (SSSR count). The minimum absolute atomic E-state index is 1.06. The van der Waals surface area contributed by atoms with Crippen molar-refractivity contribution in [3.8, 4) is 11.1 Å². The van der Waals surface area contributed by atoms with Crippen molar-refractivity contribution < 1.29 is 0 Å². The van der Waals surface area contributed by atoms with Gasteiger partial charge in [-0.15, -0.1) is 0 Å². The number of benzene rings is 1. The quantitative estimate of drug-likeness (QED) is 0.811. The van der Waals surface area contributed by atoms with Crippen LogP contribution < -0.4 is 5.32 Å². The molecule has 2 aromatic rings. The van der Waals surface area contributed by atoms with Crippen LogP contribution in [0.4, 0.5) is 5.69 Å². The number of anilines is 1. The zero-order chi connectivity index (χ0) is 12.0. The summed E-state index contributed by atoms with van der Waals surface area (Å²) in [7, 11) is 2.00. The summed E-state index contributed by atoms with van der Waals surface area (Å²) in [6.07, 6.45) is 1.14. The fourth-order valence-corrected chi connectivity index (χ4v) is 2.64. The van der Waals surface area contributed by atoms with Crippen molar-refractivity contribution >= 4 is 5.69 Å². The van der Waals surface area contributed by atoms with E-state index in [0.717, 1.165) is 18.7 Å². The SMILES string of the molecule is Cc1nn(C)c(C)c1-c1ccc2c(c1)NCC2. The van der Waals surface area contributed by atoms with Gasteiger partial charge in [-0.1, -0.05) is 12.1 Å². The van der Waals surface area contributed by atoms with Gasteiger partial charge in [-0.3, -0.25) is 4.68 Å². The summed E-state index contributed by atoms with van der Waals surface area (Å²) in [5.74, 6) is 0. The first-order chi connectivity index (χ1) is 8.16. The molecule has 0 fully saturated rings. The standard InChI is InChI=1S/C14H17N3/c1-9-14(10(2)17(3)16-9)12-5-4-11-6-7-15-13(11)8-12/h4-5,8,15H,6-7H2,1-3H3. The van der Waals surface area contributed by atoms with E-state index in [4.69, 9.17) is 0 Å². The van der Waals surface area contributed by atoms with Gasteiger partial charge in [0.1, 0.15) is 0 Å². The third kappa shape index (κ3) is 1.54. The van der Waals surface area contributed by atoms with Gasteiger partial charge in [0.15, 0.2) is 0 Å². The molecule has 0 aliphatic carbocycles. The van der Waals surface area contributed by atoms with Gasteiger partial charge in [0.2, 0.25) is 0 Å². The lowest BCUT2D eigenvalue weighted by atomic mass is 10.0. The van der Waals surface area contributed by atoms with E-state index in [1.54, 1.807) is 0 Å². The highest BCUT2D eigenvalue weighted by molar-refractivity contribution is 5.74. The summed E-state index contributed by atoms with van der Waals surface area (Å²) in [6, 6.07) is 6.69. The molecule has 0 amide bonds. The predicted octanol–water partition coefficient (Wildman–Crippen LogP) is 2.67. The lowest BCUT2D eigenvalue weighted by Gasteiger charge is -2.06. The highest BCUT2D eigenvalue weighted by Crippen LogP contribution is 2.32. The Morgan fingerprint density at radius 2 is 2.12 bits per heavy atom. The lowest BCUT2D eigenvalue weighted by Crippen LogP contribution is -1.93. The Balaban J connectivity index is 2.15. The zero-order valence-corrected chi connectivity index (χ0v) is 10.5. The van der Waals surface area contributed by atoms with E-state index >= 15 is 0 Å². The van der Waals surface area contributed by atoms with Gasteiger partial charge in [-0.25, -0.2) is 0 Å². The molecule has 2 heterocycles. The zero-order valence-electron chi connectivity index (χ0n) is 10.5. The van der Waals surface area contributed by atoms with Gasteiger partial charge in [-0.05, 0) is 37.5 Å². The number of aryl methyl sites for hydroxylation is 2. The molecule has 1 aliphatic rings. The number of aromatic nitrogens is 2. The van der Waals surface area contributed by atoms with Crippen LogP contribution in [0.25, 0.3) is 11.1 Å². The molecule has 1 N–H and O–H groups in total. The molecule has 88 valence electrons. The van der Waals surface area contributed by atoms with Crippen molar-refractivity contribution in [3.05, 3.63) is 35.2 Å². The molecule has 1 aromatic heterocycles. The molecule has 3 nitrogen and oxygen atoms in total. The van der Waals surface area contributed by atoms with Crippen molar-refractivity contribution in [1.29, 1.82) is 0 Å².